The number of rotatable bonds is 4. The van der Waals surface area contributed by atoms with E-state index in [4.69, 9.17) is 0 Å². The third-order valence-electron chi connectivity index (χ3n) is 4.22. The van der Waals surface area contributed by atoms with E-state index in [-0.39, 0.29) is 0 Å². The lowest BCUT2D eigenvalue weighted by molar-refractivity contribution is -0.140. The van der Waals surface area contributed by atoms with Gasteiger partial charge in [-0.1, -0.05) is 24.3 Å². The molecule has 0 radical (unpaired) electrons. The summed E-state index contributed by atoms with van der Waals surface area (Å²) in [6.07, 6.45) is 2.51. The largest absolute Gasteiger partial charge is 0.481 e. The van der Waals surface area contributed by atoms with Crippen molar-refractivity contribution < 1.29 is 18.3 Å². The summed E-state index contributed by atoms with van der Waals surface area (Å²) in [7, 11) is -3.22. The maximum Gasteiger partial charge on any atom is 0.314 e. The zero-order chi connectivity index (χ0) is 14.5. The van der Waals surface area contributed by atoms with Crippen LogP contribution in [0.5, 0.6) is 0 Å². The van der Waals surface area contributed by atoms with Crippen molar-refractivity contribution in [1.29, 1.82) is 0 Å². The van der Waals surface area contributed by atoms with Crippen LogP contribution in [0, 0.1) is 0 Å². The molecule has 1 fully saturated rings. The Morgan fingerprint density at radius 3 is 2.00 bits per heavy atom. The molecular formula is C14H18O4S. The van der Waals surface area contributed by atoms with Gasteiger partial charge >= 0.3 is 5.97 Å². The van der Waals surface area contributed by atoms with Gasteiger partial charge < -0.3 is 5.11 Å². The Labute approximate surface area is 113 Å². The summed E-state index contributed by atoms with van der Waals surface area (Å²) in [4.78, 5) is 11.2. The van der Waals surface area contributed by atoms with E-state index in [1.54, 1.807) is 38.1 Å². The highest BCUT2D eigenvalue weighted by Gasteiger charge is 2.51. The topological polar surface area (TPSA) is 71.4 Å². The van der Waals surface area contributed by atoms with Crippen LogP contribution in [0.25, 0.3) is 0 Å². The highest BCUT2D eigenvalue weighted by Crippen LogP contribution is 2.48. The predicted octanol–water partition coefficient (Wildman–Crippen LogP) is 2.08. The second-order valence-electron chi connectivity index (χ2n) is 5.75. The first-order chi connectivity index (χ1) is 8.61. The second kappa shape index (κ2) is 4.07. The maximum atomic E-state index is 11.8. The molecule has 4 nitrogen and oxygen atoms in total. The normalized spacial score (nSPS) is 18.1. The van der Waals surface area contributed by atoms with Crippen LogP contribution in [0.4, 0.5) is 0 Å². The summed E-state index contributed by atoms with van der Waals surface area (Å²) >= 11 is 0. The molecule has 0 atom stereocenters. The smallest absolute Gasteiger partial charge is 0.314 e. The van der Waals surface area contributed by atoms with Gasteiger partial charge in [0.15, 0.2) is 9.84 Å². The average Bonchev–Trinajstić information content (AvgIpc) is 3.08. The minimum absolute atomic E-state index is 0.650. The van der Waals surface area contributed by atoms with Crippen LogP contribution in [-0.4, -0.2) is 25.7 Å². The summed E-state index contributed by atoms with van der Waals surface area (Å²) in [5, 5.41) is 9.22. The summed E-state index contributed by atoms with van der Waals surface area (Å²) in [5.41, 5.74) is 0.696. The van der Waals surface area contributed by atoms with Gasteiger partial charge in [0.2, 0.25) is 0 Å². The molecule has 0 aliphatic heterocycles. The number of sulfone groups is 1. The first-order valence-electron chi connectivity index (χ1n) is 6.15. The van der Waals surface area contributed by atoms with E-state index < -0.39 is 26.0 Å². The van der Waals surface area contributed by atoms with Crippen LogP contribution in [0.1, 0.15) is 37.8 Å². The fourth-order valence-corrected chi connectivity index (χ4v) is 2.72. The average molecular weight is 282 g/mol. The van der Waals surface area contributed by atoms with E-state index in [0.717, 1.165) is 5.56 Å². The molecule has 0 saturated heterocycles. The molecule has 5 heteroatoms. The van der Waals surface area contributed by atoms with Crippen LogP contribution in [0.3, 0.4) is 0 Å². The van der Waals surface area contributed by atoms with Gasteiger partial charge in [-0.3, -0.25) is 4.79 Å². The van der Waals surface area contributed by atoms with E-state index in [1.165, 1.54) is 6.26 Å². The Kier molecular flexibility index (Phi) is 3.01. The number of benzene rings is 1. The Hall–Kier alpha value is -1.36. The van der Waals surface area contributed by atoms with E-state index >= 15 is 0 Å². The predicted molar refractivity (Wildman–Crippen MR) is 72.9 cm³/mol. The molecular weight excluding hydrogens is 264 g/mol. The lowest BCUT2D eigenvalue weighted by Gasteiger charge is -2.23. The first-order valence-corrected chi connectivity index (χ1v) is 8.04. The molecule has 1 aromatic carbocycles. The summed E-state index contributed by atoms with van der Waals surface area (Å²) in [6.45, 7) is 3.31. The van der Waals surface area contributed by atoms with Crippen LogP contribution in [0.15, 0.2) is 24.3 Å². The molecule has 0 aromatic heterocycles. The van der Waals surface area contributed by atoms with Gasteiger partial charge in [-0.15, -0.1) is 0 Å². The number of hydrogen-bond acceptors (Lipinski definition) is 3. The summed E-state index contributed by atoms with van der Waals surface area (Å²) in [5.74, 6) is -0.803. The SMILES string of the molecule is CC(C)(c1ccc(C2(C(=O)O)CC2)cc1)S(C)(=O)=O. The third-order valence-corrected chi connectivity index (χ3v) is 6.31. The maximum absolute atomic E-state index is 11.8. The summed E-state index contributed by atoms with van der Waals surface area (Å²) in [6, 6.07) is 6.92. The van der Waals surface area contributed by atoms with Crippen molar-refractivity contribution in [3.8, 4) is 0 Å². The van der Waals surface area contributed by atoms with Crippen LogP contribution in [-0.2, 0) is 24.8 Å². The van der Waals surface area contributed by atoms with E-state index in [9.17, 15) is 18.3 Å². The number of aliphatic carboxylic acids is 1. The molecule has 0 bridgehead atoms. The standard InChI is InChI=1S/C14H18O4S/c1-13(2,19(3,17)18)10-4-6-11(7-5-10)14(8-9-14)12(15)16/h4-7H,8-9H2,1-3H3,(H,15,16). The number of hydrogen-bond donors (Lipinski definition) is 1. The first kappa shape index (κ1) is 14.1. The molecule has 0 spiro atoms. The van der Waals surface area contributed by atoms with Crippen molar-refractivity contribution in [3.63, 3.8) is 0 Å². The minimum atomic E-state index is -3.22. The molecule has 1 N–H and O–H groups in total. The molecule has 1 saturated carbocycles. The van der Waals surface area contributed by atoms with Gasteiger partial charge in [0.05, 0.1) is 10.2 Å². The molecule has 0 amide bonds. The molecule has 19 heavy (non-hydrogen) atoms. The Bertz CT molecular complexity index is 607. The third kappa shape index (κ3) is 2.16. The minimum Gasteiger partial charge on any atom is -0.481 e. The zero-order valence-corrected chi connectivity index (χ0v) is 12.1. The quantitative estimate of drug-likeness (QED) is 0.917. The van der Waals surface area contributed by atoms with Crippen molar-refractivity contribution >= 4 is 15.8 Å². The molecule has 2 rings (SSSR count). The zero-order valence-electron chi connectivity index (χ0n) is 11.3. The lowest BCUT2D eigenvalue weighted by atomic mass is 9.93. The summed E-state index contributed by atoms with van der Waals surface area (Å²) < 4.78 is 22.6. The van der Waals surface area contributed by atoms with Crippen molar-refractivity contribution in [2.45, 2.75) is 36.9 Å². The van der Waals surface area contributed by atoms with E-state index in [1.807, 2.05) is 0 Å². The molecule has 1 aliphatic rings. The van der Waals surface area contributed by atoms with Crippen LogP contribution in [0.2, 0.25) is 0 Å². The van der Waals surface area contributed by atoms with Gasteiger partial charge in [-0.25, -0.2) is 8.42 Å². The van der Waals surface area contributed by atoms with Gasteiger partial charge in [0.25, 0.3) is 0 Å². The highest BCUT2D eigenvalue weighted by molar-refractivity contribution is 7.91. The second-order valence-corrected chi connectivity index (χ2v) is 8.31. The fraction of sp³-hybridized carbons (Fsp3) is 0.500. The van der Waals surface area contributed by atoms with Crippen molar-refractivity contribution in [3.05, 3.63) is 35.4 Å². The lowest BCUT2D eigenvalue weighted by Crippen LogP contribution is -2.28. The molecule has 1 aliphatic carbocycles. The van der Waals surface area contributed by atoms with Crippen molar-refractivity contribution in [2.75, 3.05) is 6.26 Å². The Balaban J connectivity index is 2.38. The van der Waals surface area contributed by atoms with E-state index in [0.29, 0.717) is 18.4 Å². The molecule has 0 unspecified atom stereocenters. The van der Waals surface area contributed by atoms with Crippen molar-refractivity contribution in [2.24, 2.45) is 0 Å². The number of carbonyl (C=O) groups is 1. The van der Waals surface area contributed by atoms with Crippen LogP contribution < -0.4 is 0 Å². The monoisotopic (exact) mass is 282 g/mol. The van der Waals surface area contributed by atoms with Crippen molar-refractivity contribution in [1.82, 2.24) is 0 Å². The van der Waals surface area contributed by atoms with E-state index in [2.05, 4.69) is 0 Å². The molecule has 104 valence electrons. The fourth-order valence-electron chi connectivity index (χ4n) is 2.16. The number of carboxylic acid groups (broad SMARTS) is 1. The van der Waals surface area contributed by atoms with Gasteiger partial charge in [-0.2, -0.15) is 0 Å². The highest BCUT2D eigenvalue weighted by atomic mass is 32.2. The van der Waals surface area contributed by atoms with Gasteiger partial charge in [0.1, 0.15) is 0 Å². The number of carboxylic acids is 1. The van der Waals surface area contributed by atoms with Gasteiger partial charge in [-0.05, 0) is 37.8 Å². The Morgan fingerprint density at radius 1 is 1.21 bits per heavy atom. The van der Waals surface area contributed by atoms with Crippen LogP contribution >= 0.6 is 0 Å². The van der Waals surface area contributed by atoms with Gasteiger partial charge in [0, 0.05) is 6.26 Å². The Morgan fingerprint density at radius 2 is 1.68 bits per heavy atom. The molecule has 0 heterocycles. The molecule has 1 aromatic rings.